The van der Waals surface area contributed by atoms with E-state index in [9.17, 15) is 9.59 Å². The fourth-order valence-electron chi connectivity index (χ4n) is 5.39. The molecule has 6 heteroatoms. The number of carbonyl (C=O) groups excluding carboxylic acids is 2. The Kier molecular flexibility index (Phi) is 6.04. The lowest BCUT2D eigenvalue weighted by Gasteiger charge is -2.38. The normalized spacial score (nSPS) is 19.3. The Morgan fingerprint density at radius 2 is 1.75 bits per heavy atom. The van der Waals surface area contributed by atoms with Gasteiger partial charge in [0.2, 0.25) is 5.91 Å². The summed E-state index contributed by atoms with van der Waals surface area (Å²) in [6.07, 6.45) is 4.94. The number of amides is 2. The van der Waals surface area contributed by atoms with Crippen LogP contribution in [0.4, 0.5) is 0 Å². The van der Waals surface area contributed by atoms with Crippen molar-refractivity contribution in [3.05, 3.63) is 88.4 Å². The van der Waals surface area contributed by atoms with Gasteiger partial charge in [0.25, 0.3) is 5.91 Å². The average molecular weight is 485 g/mol. The standard InChI is InChI=1S/C30H32N2O4/c1-20-4-6-22(7-5-20)28-26-18-24(11-10-21(26)14-17-32(28)29(33)23-8-9-23)35-19-25-12-13-27(36-25)30(34)31-15-2-3-16-31/h4-7,10-13,18,23,28H,2-3,8-9,14-17,19H2,1H3. The summed E-state index contributed by atoms with van der Waals surface area (Å²) < 4.78 is 11.9. The molecule has 1 atom stereocenters. The Labute approximate surface area is 211 Å². The third kappa shape index (κ3) is 4.52. The molecule has 2 aromatic carbocycles. The second-order valence-electron chi connectivity index (χ2n) is 10.3. The molecule has 0 spiro atoms. The van der Waals surface area contributed by atoms with Crippen LogP contribution in [-0.2, 0) is 17.8 Å². The number of rotatable bonds is 6. The van der Waals surface area contributed by atoms with Crippen LogP contribution in [0, 0.1) is 12.8 Å². The summed E-state index contributed by atoms with van der Waals surface area (Å²) in [5, 5.41) is 0. The number of benzene rings is 2. The number of carbonyl (C=O) groups is 2. The van der Waals surface area contributed by atoms with Gasteiger partial charge in [-0.2, -0.15) is 0 Å². The monoisotopic (exact) mass is 484 g/mol. The molecule has 1 unspecified atom stereocenters. The topological polar surface area (TPSA) is 63.0 Å². The third-order valence-electron chi connectivity index (χ3n) is 7.60. The molecule has 1 saturated carbocycles. The Morgan fingerprint density at radius 1 is 0.972 bits per heavy atom. The molecule has 3 heterocycles. The molecule has 6 nitrogen and oxygen atoms in total. The molecule has 0 bridgehead atoms. The molecule has 3 aromatic rings. The van der Waals surface area contributed by atoms with E-state index < -0.39 is 0 Å². The number of hydrogen-bond donors (Lipinski definition) is 0. The van der Waals surface area contributed by atoms with Crippen LogP contribution in [0.1, 0.15) is 70.3 Å². The lowest BCUT2D eigenvalue weighted by molar-refractivity contribution is -0.134. The van der Waals surface area contributed by atoms with Crippen LogP contribution >= 0.6 is 0 Å². The summed E-state index contributed by atoms with van der Waals surface area (Å²) in [6, 6.07) is 18.1. The molecule has 2 fully saturated rings. The molecule has 6 rings (SSSR count). The van der Waals surface area contributed by atoms with Gasteiger partial charge in [0.1, 0.15) is 18.1 Å². The minimum Gasteiger partial charge on any atom is -0.486 e. The predicted molar refractivity (Wildman–Crippen MR) is 136 cm³/mol. The van der Waals surface area contributed by atoms with Gasteiger partial charge in [-0.1, -0.05) is 35.9 Å². The van der Waals surface area contributed by atoms with Gasteiger partial charge in [-0.25, -0.2) is 0 Å². The van der Waals surface area contributed by atoms with Crippen LogP contribution in [0.15, 0.2) is 59.0 Å². The van der Waals surface area contributed by atoms with E-state index >= 15 is 0 Å². The van der Waals surface area contributed by atoms with Crippen molar-refractivity contribution in [1.29, 1.82) is 0 Å². The fraction of sp³-hybridized carbons (Fsp3) is 0.400. The summed E-state index contributed by atoms with van der Waals surface area (Å²) in [4.78, 5) is 29.7. The van der Waals surface area contributed by atoms with Gasteiger partial charge in [-0.15, -0.1) is 0 Å². The van der Waals surface area contributed by atoms with Gasteiger partial charge in [0, 0.05) is 25.6 Å². The molecular weight excluding hydrogens is 452 g/mol. The second kappa shape index (κ2) is 9.49. The molecule has 0 radical (unpaired) electrons. The molecule has 186 valence electrons. The second-order valence-corrected chi connectivity index (χ2v) is 10.3. The lowest BCUT2D eigenvalue weighted by atomic mass is 9.87. The minimum atomic E-state index is -0.112. The largest absolute Gasteiger partial charge is 0.486 e. The first kappa shape index (κ1) is 22.9. The van der Waals surface area contributed by atoms with E-state index in [0.717, 1.165) is 68.6 Å². The summed E-state index contributed by atoms with van der Waals surface area (Å²) in [5.41, 5.74) is 4.71. The quantitative estimate of drug-likeness (QED) is 0.477. The lowest BCUT2D eigenvalue weighted by Crippen LogP contribution is -2.41. The highest BCUT2D eigenvalue weighted by Gasteiger charge is 2.39. The van der Waals surface area contributed by atoms with Crippen molar-refractivity contribution >= 4 is 11.8 Å². The van der Waals surface area contributed by atoms with Crippen LogP contribution < -0.4 is 4.74 Å². The maximum atomic E-state index is 13.2. The van der Waals surface area contributed by atoms with Crippen molar-refractivity contribution in [2.75, 3.05) is 19.6 Å². The summed E-state index contributed by atoms with van der Waals surface area (Å²) in [7, 11) is 0. The predicted octanol–water partition coefficient (Wildman–Crippen LogP) is 5.29. The van der Waals surface area contributed by atoms with Crippen LogP contribution in [0.3, 0.4) is 0 Å². The Hall–Kier alpha value is -3.54. The molecule has 0 N–H and O–H groups in total. The van der Waals surface area contributed by atoms with Gasteiger partial charge in [0.15, 0.2) is 5.76 Å². The third-order valence-corrected chi connectivity index (χ3v) is 7.60. The molecule has 36 heavy (non-hydrogen) atoms. The van der Waals surface area contributed by atoms with Crippen LogP contribution in [0.25, 0.3) is 0 Å². The maximum absolute atomic E-state index is 13.2. The van der Waals surface area contributed by atoms with Crippen molar-refractivity contribution in [3.8, 4) is 5.75 Å². The number of furan rings is 1. The first-order chi connectivity index (χ1) is 17.6. The zero-order valence-electron chi connectivity index (χ0n) is 20.7. The van der Waals surface area contributed by atoms with Crippen molar-refractivity contribution < 1.29 is 18.7 Å². The van der Waals surface area contributed by atoms with Gasteiger partial charge < -0.3 is 19.0 Å². The zero-order valence-corrected chi connectivity index (χ0v) is 20.7. The number of ether oxygens (including phenoxy) is 1. The number of nitrogens with zero attached hydrogens (tertiary/aromatic N) is 2. The van der Waals surface area contributed by atoms with Crippen molar-refractivity contribution in [3.63, 3.8) is 0 Å². The van der Waals surface area contributed by atoms with E-state index in [1.807, 2.05) is 17.0 Å². The van der Waals surface area contributed by atoms with Crippen LogP contribution in [-0.4, -0.2) is 41.2 Å². The molecule has 1 aromatic heterocycles. The van der Waals surface area contributed by atoms with E-state index in [2.05, 4.69) is 48.2 Å². The number of hydrogen-bond acceptors (Lipinski definition) is 4. The first-order valence-corrected chi connectivity index (χ1v) is 13.1. The maximum Gasteiger partial charge on any atom is 0.289 e. The van der Waals surface area contributed by atoms with E-state index in [0.29, 0.717) is 11.5 Å². The Bertz CT molecular complexity index is 1270. The highest BCUT2D eigenvalue weighted by Crippen LogP contribution is 2.41. The van der Waals surface area contributed by atoms with Crippen molar-refractivity contribution in [2.24, 2.45) is 5.92 Å². The van der Waals surface area contributed by atoms with Crippen LogP contribution in [0.2, 0.25) is 0 Å². The van der Waals surface area contributed by atoms with E-state index in [1.54, 1.807) is 6.07 Å². The van der Waals surface area contributed by atoms with Crippen molar-refractivity contribution in [2.45, 2.75) is 51.7 Å². The van der Waals surface area contributed by atoms with E-state index in [1.165, 1.54) is 11.1 Å². The minimum absolute atomic E-state index is 0.0473. The zero-order chi connectivity index (χ0) is 24.6. The molecule has 2 amide bonds. The number of fused-ring (bicyclic) bond motifs is 1. The fourth-order valence-corrected chi connectivity index (χ4v) is 5.39. The molecule has 1 aliphatic carbocycles. The van der Waals surface area contributed by atoms with E-state index in [-0.39, 0.29) is 30.4 Å². The smallest absolute Gasteiger partial charge is 0.289 e. The molecule has 1 saturated heterocycles. The number of aryl methyl sites for hydroxylation is 1. The summed E-state index contributed by atoms with van der Waals surface area (Å²) in [5.74, 6) is 2.12. The van der Waals surface area contributed by atoms with Gasteiger partial charge >= 0.3 is 0 Å². The van der Waals surface area contributed by atoms with E-state index in [4.69, 9.17) is 9.15 Å². The first-order valence-electron chi connectivity index (χ1n) is 13.1. The average Bonchev–Trinajstić information content (AvgIpc) is 3.39. The van der Waals surface area contributed by atoms with Gasteiger partial charge in [-0.3, -0.25) is 9.59 Å². The van der Waals surface area contributed by atoms with Gasteiger partial charge in [-0.05, 0) is 80.0 Å². The molecule has 2 aliphatic heterocycles. The van der Waals surface area contributed by atoms with Gasteiger partial charge in [0.05, 0.1) is 6.04 Å². The Morgan fingerprint density at radius 3 is 2.50 bits per heavy atom. The van der Waals surface area contributed by atoms with Crippen molar-refractivity contribution in [1.82, 2.24) is 9.80 Å². The highest BCUT2D eigenvalue weighted by molar-refractivity contribution is 5.91. The van der Waals surface area contributed by atoms with Crippen LogP contribution in [0.5, 0.6) is 5.75 Å². The molecule has 3 aliphatic rings. The summed E-state index contributed by atoms with van der Waals surface area (Å²) in [6.45, 7) is 4.65. The highest BCUT2D eigenvalue weighted by atomic mass is 16.5. The molecular formula is C30H32N2O4. The number of likely N-dealkylation sites (tertiary alicyclic amines) is 1. The Balaban J connectivity index is 1.23. The summed E-state index contributed by atoms with van der Waals surface area (Å²) >= 11 is 0. The SMILES string of the molecule is Cc1ccc(C2c3cc(OCc4ccc(C(=O)N5CCCC5)o4)ccc3CCN2C(=O)C2CC2)cc1.